The Kier molecular flexibility index (Phi) is 7.41. The molecule has 1 heterocycles. The molecule has 1 N–H and O–H groups in total. The van der Waals surface area contributed by atoms with Crippen molar-refractivity contribution in [2.75, 3.05) is 38.2 Å². The average molecular weight is 239 g/mol. The first-order valence-corrected chi connectivity index (χ1v) is 6.13. The minimum absolute atomic E-state index is 0. The number of carbonyl (C=O) groups is 1. The second-order valence-electron chi connectivity index (χ2n) is 3.43. The van der Waals surface area contributed by atoms with Crippen molar-refractivity contribution < 1.29 is 4.79 Å². The van der Waals surface area contributed by atoms with Gasteiger partial charge < -0.3 is 10.2 Å². The molecule has 3 nitrogen and oxygen atoms in total. The van der Waals surface area contributed by atoms with Crippen molar-refractivity contribution in [1.82, 2.24) is 10.2 Å². The number of carbonyl (C=O) groups excluding carboxylic acids is 1. The Hall–Kier alpha value is 0.0700. The summed E-state index contributed by atoms with van der Waals surface area (Å²) in [5.74, 6) is 1.42. The zero-order valence-corrected chi connectivity index (χ0v) is 10.4. The van der Waals surface area contributed by atoms with E-state index in [0.717, 1.165) is 31.9 Å². The molecular formula is C9H19ClN2OS. The van der Waals surface area contributed by atoms with Crippen LogP contribution in [0.5, 0.6) is 0 Å². The third kappa shape index (κ3) is 4.07. The Morgan fingerprint density at radius 3 is 2.57 bits per heavy atom. The first-order valence-electron chi connectivity index (χ1n) is 4.74. The van der Waals surface area contributed by atoms with Crippen molar-refractivity contribution in [2.24, 2.45) is 5.92 Å². The van der Waals surface area contributed by atoms with Gasteiger partial charge in [-0.05, 0) is 6.26 Å². The van der Waals surface area contributed by atoms with Crippen LogP contribution in [-0.2, 0) is 4.79 Å². The van der Waals surface area contributed by atoms with Crippen LogP contribution in [0.3, 0.4) is 0 Å². The third-order valence-electron chi connectivity index (χ3n) is 2.27. The van der Waals surface area contributed by atoms with Gasteiger partial charge in [-0.3, -0.25) is 4.79 Å². The number of thioether (sulfide) groups is 1. The van der Waals surface area contributed by atoms with Crippen LogP contribution in [0.1, 0.15) is 6.92 Å². The number of hydrogen-bond acceptors (Lipinski definition) is 3. The fraction of sp³-hybridized carbons (Fsp3) is 0.889. The van der Waals surface area contributed by atoms with Crippen molar-refractivity contribution >= 4 is 30.1 Å². The summed E-state index contributed by atoms with van der Waals surface area (Å²) in [6.07, 6.45) is 2.04. The van der Waals surface area contributed by atoms with Crippen LogP contribution in [-0.4, -0.2) is 49.0 Å². The fourth-order valence-electron chi connectivity index (χ4n) is 1.52. The molecule has 0 aromatic carbocycles. The van der Waals surface area contributed by atoms with Gasteiger partial charge in [-0.15, -0.1) is 12.4 Å². The normalized spacial score (nSPS) is 18.6. The standard InChI is InChI=1S/C9H18N2OS.ClH/c1-8(7-13-2)9(12)11-5-3-10-4-6-11;/h8,10H,3-7H2,1-2H3;1H. The molecule has 1 fully saturated rings. The van der Waals surface area contributed by atoms with E-state index in [1.165, 1.54) is 0 Å². The highest BCUT2D eigenvalue weighted by Crippen LogP contribution is 2.09. The quantitative estimate of drug-likeness (QED) is 0.791. The molecule has 0 saturated carbocycles. The Balaban J connectivity index is 0.00000169. The lowest BCUT2D eigenvalue weighted by molar-refractivity contribution is -0.134. The molecule has 0 spiro atoms. The van der Waals surface area contributed by atoms with E-state index >= 15 is 0 Å². The first kappa shape index (κ1) is 14.1. The van der Waals surface area contributed by atoms with Gasteiger partial charge in [0.05, 0.1) is 0 Å². The van der Waals surface area contributed by atoms with Gasteiger partial charge >= 0.3 is 0 Å². The minimum Gasteiger partial charge on any atom is -0.340 e. The maximum absolute atomic E-state index is 11.8. The highest BCUT2D eigenvalue weighted by atomic mass is 35.5. The van der Waals surface area contributed by atoms with E-state index in [-0.39, 0.29) is 18.3 Å². The predicted molar refractivity (Wildman–Crippen MR) is 64.2 cm³/mol. The second kappa shape index (κ2) is 7.37. The van der Waals surface area contributed by atoms with E-state index in [1.807, 2.05) is 18.1 Å². The molecule has 1 atom stereocenters. The predicted octanol–water partition coefficient (Wildman–Crippen LogP) is 0.839. The van der Waals surface area contributed by atoms with E-state index in [4.69, 9.17) is 0 Å². The maximum Gasteiger partial charge on any atom is 0.226 e. The molecule has 0 aromatic heterocycles. The number of nitrogens with one attached hydrogen (secondary N) is 1. The van der Waals surface area contributed by atoms with Crippen LogP contribution in [0.25, 0.3) is 0 Å². The van der Waals surface area contributed by atoms with Crippen LogP contribution in [0.4, 0.5) is 0 Å². The van der Waals surface area contributed by atoms with Gasteiger partial charge in [0, 0.05) is 37.8 Å². The second-order valence-corrected chi connectivity index (χ2v) is 4.34. The molecule has 0 radical (unpaired) electrons. The molecule has 1 saturated heterocycles. The largest absolute Gasteiger partial charge is 0.340 e. The molecule has 5 heteroatoms. The molecule has 1 amide bonds. The van der Waals surface area contributed by atoms with E-state index in [1.54, 1.807) is 11.8 Å². The Morgan fingerprint density at radius 2 is 2.07 bits per heavy atom. The summed E-state index contributed by atoms with van der Waals surface area (Å²) in [4.78, 5) is 13.7. The highest BCUT2D eigenvalue weighted by molar-refractivity contribution is 7.98. The smallest absolute Gasteiger partial charge is 0.226 e. The van der Waals surface area contributed by atoms with Crippen LogP contribution in [0.2, 0.25) is 0 Å². The summed E-state index contributed by atoms with van der Waals surface area (Å²) in [5, 5.41) is 3.24. The van der Waals surface area contributed by atoms with Crippen LogP contribution in [0, 0.1) is 5.92 Å². The van der Waals surface area contributed by atoms with Crippen molar-refractivity contribution in [2.45, 2.75) is 6.92 Å². The van der Waals surface area contributed by atoms with Crippen molar-refractivity contribution in [3.63, 3.8) is 0 Å². The van der Waals surface area contributed by atoms with E-state index in [9.17, 15) is 4.79 Å². The lowest BCUT2D eigenvalue weighted by Crippen LogP contribution is -2.48. The zero-order valence-electron chi connectivity index (χ0n) is 8.78. The zero-order chi connectivity index (χ0) is 9.68. The number of piperazine rings is 1. The Bertz CT molecular complexity index is 174. The third-order valence-corrected chi connectivity index (χ3v) is 3.10. The highest BCUT2D eigenvalue weighted by Gasteiger charge is 2.20. The number of rotatable bonds is 3. The Labute approximate surface area is 96.4 Å². The number of hydrogen-bond donors (Lipinski definition) is 1. The molecule has 1 unspecified atom stereocenters. The van der Waals surface area contributed by atoms with Crippen LogP contribution >= 0.6 is 24.2 Å². The minimum atomic E-state index is 0. The fourth-order valence-corrected chi connectivity index (χ4v) is 2.16. The Morgan fingerprint density at radius 1 is 1.50 bits per heavy atom. The van der Waals surface area contributed by atoms with E-state index in [0.29, 0.717) is 5.91 Å². The molecule has 1 aliphatic heterocycles. The van der Waals surface area contributed by atoms with Crippen LogP contribution < -0.4 is 5.32 Å². The van der Waals surface area contributed by atoms with Gasteiger partial charge in [0.25, 0.3) is 0 Å². The van der Waals surface area contributed by atoms with E-state index in [2.05, 4.69) is 5.32 Å². The maximum atomic E-state index is 11.8. The molecule has 84 valence electrons. The van der Waals surface area contributed by atoms with Crippen molar-refractivity contribution in [1.29, 1.82) is 0 Å². The van der Waals surface area contributed by atoms with E-state index < -0.39 is 0 Å². The molecule has 14 heavy (non-hydrogen) atoms. The monoisotopic (exact) mass is 238 g/mol. The molecule has 0 aromatic rings. The van der Waals surface area contributed by atoms with Gasteiger partial charge in [-0.1, -0.05) is 6.92 Å². The van der Waals surface area contributed by atoms with Gasteiger partial charge in [0.15, 0.2) is 0 Å². The van der Waals surface area contributed by atoms with Crippen molar-refractivity contribution in [3.05, 3.63) is 0 Å². The number of amides is 1. The number of nitrogens with zero attached hydrogens (tertiary/aromatic N) is 1. The molecule has 1 aliphatic rings. The first-order chi connectivity index (χ1) is 6.25. The van der Waals surface area contributed by atoms with Gasteiger partial charge in [0.2, 0.25) is 5.91 Å². The summed E-state index contributed by atoms with van der Waals surface area (Å²) in [7, 11) is 0. The lowest BCUT2D eigenvalue weighted by atomic mass is 10.2. The van der Waals surface area contributed by atoms with Crippen molar-refractivity contribution in [3.8, 4) is 0 Å². The summed E-state index contributed by atoms with van der Waals surface area (Å²) >= 11 is 1.74. The molecule has 0 aliphatic carbocycles. The number of halogens is 1. The molecule has 1 rings (SSSR count). The summed E-state index contributed by atoms with van der Waals surface area (Å²) < 4.78 is 0. The average Bonchev–Trinajstić information content (AvgIpc) is 2.18. The van der Waals surface area contributed by atoms with Gasteiger partial charge in [-0.25, -0.2) is 0 Å². The van der Waals surface area contributed by atoms with Gasteiger partial charge in [-0.2, -0.15) is 11.8 Å². The summed E-state index contributed by atoms with van der Waals surface area (Å²) in [6.45, 7) is 5.64. The lowest BCUT2D eigenvalue weighted by Gasteiger charge is -2.29. The molecular weight excluding hydrogens is 220 g/mol. The summed E-state index contributed by atoms with van der Waals surface area (Å²) in [5.41, 5.74) is 0. The topological polar surface area (TPSA) is 32.3 Å². The SMILES string of the molecule is CSCC(C)C(=O)N1CCNCC1.Cl. The summed E-state index contributed by atoms with van der Waals surface area (Å²) in [6, 6.07) is 0. The molecule has 0 bridgehead atoms. The van der Waals surface area contributed by atoms with Gasteiger partial charge in [0.1, 0.15) is 0 Å². The van der Waals surface area contributed by atoms with Crippen LogP contribution in [0.15, 0.2) is 0 Å².